The van der Waals surface area contributed by atoms with Crippen LogP contribution < -0.4 is 5.32 Å². The Morgan fingerprint density at radius 3 is 2.63 bits per heavy atom. The summed E-state index contributed by atoms with van der Waals surface area (Å²) >= 11 is 0. The van der Waals surface area contributed by atoms with Crippen molar-refractivity contribution in [2.24, 2.45) is 0 Å². The molecule has 1 atom stereocenters. The molecule has 1 saturated heterocycles. The van der Waals surface area contributed by atoms with Crippen LogP contribution in [-0.4, -0.2) is 31.1 Å². The van der Waals surface area contributed by atoms with Crippen LogP contribution in [0.1, 0.15) is 24.8 Å². The molecule has 1 aliphatic heterocycles. The highest BCUT2D eigenvalue weighted by molar-refractivity contribution is 5.50. The summed E-state index contributed by atoms with van der Waals surface area (Å²) < 4.78 is 27.4. The molecule has 1 heterocycles. The van der Waals surface area contributed by atoms with Crippen LogP contribution in [0.2, 0.25) is 0 Å². The maximum absolute atomic E-state index is 13.7. The minimum atomic E-state index is -0.713. The molecule has 1 fully saturated rings. The van der Waals surface area contributed by atoms with Gasteiger partial charge in [-0.3, -0.25) is 0 Å². The van der Waals surface area contributed by atoms with E-state index in [1.165, 1.54) is 6.42 Å². The average molecular weight is 265 g/mol. The summed E-state index contributed by atoms with van der Waals surface area (Å²) in [7, 11) is 2.02. The topological polar surface area (TPSA) is 39.1 Å². The van der Waals surface area contributed by atoms with Crippen LogP contribution in [0.15, 0.2) is 12.1 Å². The molecule has 2 rings (SSSR count). The number of anilines is 1. The van der Waals surface area contributed by atoms with E-state index in [0.29, 0.717) is 12.6 Å². The van der Waals surface area contributed by atoms with Gasteiger partial charge >= 0.3 is 0 Å². The van der Waals surface area contributed by atoms with Crippen molar-refractivity contribution in [2.45, 2.75) is 25.3 Å². The van der Waals surface area contributed by atoms with Crippen LogP contribution in [0.5, 0.6) is 0 Å². The van der Waals surface area contributed by atoms with Crippen molar-refractivity contribution >= 4 is 5.69 Å². The van der Waals surface area contributed by atoms with E-state index in [2.05, 4.69) is 10.2 Å². The first-order chi connectivity index (χ1) is 9.11. The molecule has 1 unspecified atom stereocenters. The minimum Gasteiger partial charge on any atom is -0.379 e. The van der Waals surface area contributed by atoms with E-state index in [1.54, 1.807) is 6.07 Å². The van der Waals surface area contributed by atoms with Gasteiger partial charge in [-0.1, -0.05) is 6.42 Å². The van der Waals surface area contributed by atoms with Gasteiger partial charge in [0.2, 0.25) is 0 Å². The van der Waals surface area contributed by atoms with Crippen LogP contribution >= 0.6 is 0 Å². The smallest absolute Gasteiger partial charge is 0.150 e. The number of rotatable bonds is 3. The lowest BCUT2D eigenvalue weighted by Crippen LogP contribution is -2.41. The third-order valence-electron chi connectivity index (χ3n) is 3.61. The van der Waals surface area contributed by atoms with Gasteiger partial charge in [0.25, 0.3) is 0 Å². The number of likely N-dealkylation sites (tertiary alicyclic amines) is 1. The van der Waals surface area contributed by atoms with Gasteiger partial charge in [-0.05, 0) is 38.6 Å². The van der Waals surface area contributed by atoms with Gasteiger partial charge < -0.3 is 10.2 Å². The Bertz CT molecular complexity index is 473. The van der Waals surface area contributed by atoms with Gasteiger partial charge in [0.15, 0.2) is 11.6 Å². The van der Waals surface area contributed by atoms with Gasteiger partial charge in [-0.25, -0.2) is 8.78 Å². The fraction of sp³-hybridized carbons (Fsp3) is 0.500. The van der Waals surface area contributed by atoms with Crippen molar-refractivity contribution in [1.29, 1.82) is 5.26 Å². The lowest BCUT2D eigenvalue weighted by molar-refractivity contribution is 0.194. The van der Waals surface area contributed by atoms with Crippen molar-refractivity contribution in [3.8, 4) is 6.07 Å². The number of halogens is 2. The second kappa shape index (κ2) is 5.98. The number of nitriles is 1. The van der Waals surface area contributed by atoms with Crippen LogP contribution in [0.4, 0.5) is 14.5 Å². The molecule has 5 heteroatoms. The Kier molecular flexibility index (Phi) is 4.33. The van der Waals surface area contributed by atoms with E-state index >= 15 is 0 Å². The number of piperidine rings is 1. The fourth-order valence-electron chi connectivity index (χ4n) is 2.43. The molecule has 1 aromatic rings. The molecular weight excluding hydrogens is 248 g/mol. The molecule has 0 bridgehead atoms. The molecular formula is C14H17F2N3. The summed E-state index contributed by atoms with van der Waals surface area (Å²) in [6.07, 6.45) is 3.35. The second-order valence-electron chi connectivity index (χ2n) is 4.94. The molecule has 0 radical (unpaired) electrons. The SMILES string of the molecule is CN1CCCCC1CNc1c(F)cc(C#N)cc1F. The fourth-order valence-corrected chi connectivity index (χ4v) is 2.43. The van der Waals surface area contributed by atoms with Gasteiger partial charge in [0.1, 0.15) is 5.69 Å². The number of nitrogens with one attached hydrogen (secondary N) is 1. The van der Waals surface area contributed by atoms with Gasteiger partial charge in [-0.15, -0.1) is 0 Å². The van der Waals surface area contributed by atoms with Crippen molar-refractivity contribution in [3.05, 3.63) is 29.3 Å². The summed E-state index contributed by atoms with van der Waals surface area (Å²) in [5, 5.41) is 11.5. The van der Waals surface area contributed by atoms with Gasteiger partial charge in [0.05, 0.1) is 11.6 Å². The second-order valence-corrected chi connectivity index (χ2v) is 4.94. The van der Waals surface area contributed by atoms with Crippen LogP contribution in [0.3, 0.4) is 0 Å². The van der Waals surface area contributed by atoms with Crippen molar-refractivity contribution in [2.75, 3.05) is 25.5 Å². The van der Waals surface area contributed by atoms with E-state index in [9.17, 15) is 8.78 Å². The zero-order valence-electron chi connectivity index (χ0n) is 10.9. The Hall–Kier alpha value is -1.67. The van der Waals surface area contributed by atoms with Crippen LogP contribution in [0, 0.1) is 23.0 Å². The van der Waals surface area contributed by atoms with E-state index in [-0.39, 0.29) is 11.3 Å². The molecule has 1 aromatic carbocycles. The van der Waals surface area contributed by atoms with E-state index in [0.717, 1.165) is 31.5 Å². The molecule has 0 aliphatic carbocycles. The summed E-state index contributed by atoms with van der Waals surface area (Å²) in [6, 6.07) is 4.13. The lowest BCUT2D eigenvalue weighted by atomic mass is 10.0. The standard InChI is InChI=1S/C14H17F2N3/c1-19-5-3-2-4-11(19)9-18-14-12(15)6-10(8-17)7-13(14)16/h6-7,11,18H,2-5,9H2,1H3. The normalized spacial score (nSPS) is 20.0. The molecule has 1 N–H and O–H groups in total. The average Bonchev–Trinajstić information content (AvgIpc) is 2.39. The summed E-state index contributed by atoms with van der Waals surface area (Å²) in [5.74, 6) is -1.43. The third-order valence-corrected chi connectivity index (χ3v) is 3.61. The highest BCUT2D eigenvalue weighted by Gasteiger charge is 2.20. The molecule has 102 valence electrons. The summed E-state index contributed by atoms with van der Waals surface area (Å²) in [6.45, 7) is 1.53. The Morgan fingerprint density at radius 2 is 2.05 bits per heavy atom. The molecule has 19 heavy (non-hydrogen) atoms. The van der Waals surface area contributed by atoms with Gasteiger partial charge in [0, 0.05) is 12.6 Å². The van der Waals surface area contributed by atoms with Crippen molar-refractivity contribution < 1.29 is 8.78 Å². The largest absolute Gasteiger partial charge is 0.379 e. The first-order valence-corrected chi connectivity index (χ1v) is 6.45. The monoisotopic (exact) mass is 265 g/mol. The molecule has 0 aromatic heterocycles. The Balaban J connectivity index is 2.05. The third kappa shape index (κ3) is 3.21. The highest BCUT2D eigenvalue weighted by Crippen LogP contribution is 2.22. The number of hydrogen-bond acceptors (Lipinski definition) is 3. The quantitative estimate of drug-likeness (QED) is 0.913. The number of nitrogens with zero attached hydrogens (tertiary/aromatic N) is 2. The van der Waals surface area contributed by atoms with E-state index < -0.39 is 11.6 Å². The molecule has 0 amide bonds. The van der Waals surface area contributed by atoms with Crippen molar-refractivity contribution in [1.82, 2.24) is 4.90 Å². The summed E-state index contributed by atoms with van der Waals surface area (Å²) in [5.41, 5.74) is -0.145. The van der Waals surface area contributed by atoms with Crippen LogP contribution in [-0.2, 0) is 0 Å². The maximum atomic E-state index is 13.7. The van der Waals surface area contributed by atoms with E-state index in [4.69, 9.17) is 5.26 Å². The number of likely N-dealkylation sites (N-methyl/N-ethyl adjacent to an activating group) is 1. The number of hydrogen-bond donors (Lipinski definition) is 1. The predicted molar refractivity (Wildman–Crippen MR) is 69.8 cm³/mol. The zero-order valence-corrected chi connectivity index (χ0v) is 10.9. The highest BCUT2D eigenvalue weighted by atomic mass is 19.1. The Labute approximate surface area is 111 Å². The van der Waals surface area contributed by atoms with E-state index in [1.807, 2.05) is 7.05 Å². The molecule has 0 spiro atoms. The number of benzene rings is 1. The van der Waals surface area contributed by atoms with Crippen molar-refractivity contribution in [3.63, 3.8) is 0 Å². The maximum Gasteiger partial charge on any atom is 0.150 e. The zero-order chi connectivity index (χ0) is 13.8. The lowest BCUT2D eigenvalue weighted by Gasteiger charge is -2.32. The molecule has 1 aliphatic rings. The van der Waals surface area contributed by atoms with Crippen LogP contribution in [0.25, 0.3) is 0 Å². The molecule has 0 saturated carbocycles. The first-order valence-electron chi connectivity index (χ1n) is 6.45. The first kappa shape index (κ1) is 13.8. The predicted octanol–water partition coefficient (Wildman–Crippen LogP) is 2.73. The Morgan fingerprint density at radius 1 is 1.37 bits per heavy atom. The van der Waals surface area contributed by atoms with Gasteiger partial charge in [-0.2, -0.15) is 5.26 Å². The molecule has 3 nitrogen and oxygen atoms in total. The minimum absolute atomic E-state index is 0.00432. The summed E-state index contributed by atoms with van der Waals surface area (Å²) in [4.78, 5) is 2.20.